The van der Waals surface area contributed by atoms with E-state index in [1.54, 1.807) is 35.2 Å². The molecule has 2 aromatic carbocycles. The summed E-state index contributed by atoms with van der Waals surface area (Å²) in [4.78, 5) is 13.0. The Morgan fingerprint density at radius 1 is 1.12 bits per heavy atom. The molecule has 0 aliphatic rings. The van der Waals surface area contributed by atoms with Gasteiger partial charge in [0.05, 0.1) is 11.6 Å². The maximum absolute atomic E-state index is 11.3. The largest absolute Gasteiger partial charge is 0.507 e. The van der Waals surface area contributed by atoms with Crippen molar-refractivity contribution >= 4 is 38.3 Å². The van der Waals surface area contributed by atoms with E-state index in [1.165, 1.54) is 7.11 Å². The molecule has 2 aromatic rings. The highest BCUT2D eigenvalue weighted by atomic mass is 79.9. The average Bonchev–Trinajstić information content (AvgIpc) is 2.57. The molecule has 0 spiro atoms. The topological polar surface area (TPSA) is 70.0 Å². The van der Waals surface area contributed by atoms with Crippen molar-refractivity contribution in [2.24, 2.45) is 0 Å². The van der Waals surface area contributed by atoms with Gasteiger partial charge in [0.2, 0.25) is 6.41 Å². The highest BCUT2D eigenvalue weighted by Gasteiger charge is 2.11. The summed E-state index contributed by atoms with van der Waals surface area (Å²) in [5, 5.41) is 19.4. The van der Waals surface area contributed by atoms with Gasteiger partial charge in [-0.3, -0.25) is 4.79 Å². The molecule has 0 fully saturated rings. The molecule has 0 bridgehead atoms. The number of methoxy groups -OCH3 is 1. The van der Waals surface area contributed by atoms with Crippen LogP contribution in [0.25, 0.3) is 0 Å². The van der Waals surface area contributed by atoms with Gasteiger partial charge in [-0.25, -0.2) is 0 Å². The first-order chi connectivity index (χ1) is 11.4. The molecular formula is C17H17Br2NO4. The zero-order valence-corrected chi connectivity index (χ0v) is 16.2. The van der Waals surface area contributed by atoms with E-state index < -0.39 is 0 Å². The molecule has 0 radical (unpaired) electrons. The summed E-state index contributed by atoms with van der Waals surface area (Å²) in [6, 6.07) is 8.46. The quantitative estimate of drug-likeness (QED) is 0.618. The normalized spacial score (nSPS) is 10.5. The molecule has 0 aromatic heterocycles. The van der Waals surface area contributed by atoms with Crippen LogP contribution >= 0.6 is 31.9 Å². The van der Waals surface area contributed by atoms with E-state index in [1.807, 2.05) is 0 Å². The molecule has 2 N–H and O–H groups in total. The molecule has 24 heavy (non-hydrogen) atoms. The number of halogens is 2. The van der Waals surface area contributed by atoms with Crippen molar-refractivity contribution in [1.29, 1.82) is 0 Å². The minimum Gasteiger partial charge on any atom is -0.507 e. The number of aromatic hydroxyl groups is 2. The van der Waals surface area contributed by atoms with Gasteiger partial charge >= 0.3 is 0 Å². The van der Waals surface area contributed by atoms with Crippen LogP contribution in [0.1, 0.15) is 11.1 Å². The van der Waals surface area contributed by atoms with Gasteiger partial charge in [0.1, 0.15) is 5.75 Å². The summed E-state index contributed by atoms with van der Waals surface area (Å²) in [6.45, 7) is 0.925. The van der Waals surface area contributed by atoms with Crippen LogP contribution in [-0.4, -0.2) is 35.2 Å². The molecule has 0 unspecified atom stereocenters. The van der Waals surface area contributed by atoms with Crippen LogP contribution in [0.2, 0.25) is 0 Å². The second-order valence-corrected chi connectivity index (χ2v) is 6.94. The number of phenols is 2. The summed E-state index contributed by atoms with van der Waals surface area (Å²) < 4.78 is 6.46. The summed E-state index contributed by atoms with van der Waals surface area (Å²) >= 11 is 6.71. The van der Waals surface area contributed by atoms with Gasteiger partial charge in [0.15, 0.2) is 11.5 Å². The highest BCUT2D eigenvalue weighted by Crippen LogP contribution is 2.32. The summed E-state index contributed by atoms with van der Waals surface area (Å²) in [6.07, 6.45) is 1.37. The molecular weight excluding hydrogens is 442 g/mol. The Labute approximate surface area is 157 Å². The zero-order valence-electron chi connectivity index (χ0n) is 13.0. The number of benzene rings is 2. The van der Waals surface area contributed by atoms with Gasteiger partial charge in [0.25, 0.3) is 0 Å². The smallest absolute Gasteiger partial charge is 0.210 e. The fourth-order valence-corrected chi connectivity index (χ4v) is 3.21. The molecule has 0 aliphatic heterocycles. The predicted molar refractivity (Wildman–Crippen MR) is 98.3 cm³/mol. The van der Waals surface area contributed by atoms with Crippen molar-refractivity contribution in [2.75, 3.05) is 13.7 Å². The van der Waals surface area contributed by atoms with Gasteiger partial charge in [0, 0.05) is 17.6 Å². The number of nitrogens with zero attached hydrogens (tertiary/aromatic N) is 1. The lowest BCUT2D eigenvalue weighted by Crippen LogP contribution is -2.24. The SMILES string of the molecule is COc1cc(Br)c(CCN(C=O)Cc2ccc(O)c(Br)c2)cc1O. The fourth-order valence-electron chi connectivity index (χ4n) is 2.26. The van der Waals surface area contributed by atoms with Crippen LogP contribution in [0.5, 0.6) is 17.2 Å². The monoisotopic (exact) mass is 457 g/mol. The van der Waals surface area contributed by atoms with E-state index >= 15 is 0 Å². The number of carbonyl (C=O) groups is 1. The third-order valence-corrected chi connectivity index (χ3v) is 4.94. The van der Waals surface area contributed by atoms with Crippen LogP contribution in [0, 0.1) is 0 Å². The Hall–Kier alpha value is -1.73. The minimum atomic E-state index is 0.0656. The van der Waals surface area contributed by atoms with Gasteiger partial charge < -0.3 is 19.8 Å². The molecule has 0 heterocycles. The van der Waals surface area contributed by atoms with Crippen molar-refractivity contribution in [1.82, 2.24) is 4.90 Å². The molecule has 128 valence electrons. The maximum atomic E-state index is 11.3. The first-order valence-electron chi connectivity index (χ1n) is 7.16. The van der Waals surface area contributed by atoms with E-state index in [9.17, 15) is 15.0 Å². The second-order valence-electron chi connectivity index (χ2n) is 5.23. The first kappa shape index (κ1) is 18.6. The van der Waals surface area contributed by atoms with E-state index in [0.717, 1.165) is 22.0 Å². The average molecular weight is 459 g/mol. The van der Waals surface area contributed by atoms with Crippen molar-refractivity contribution in [3.63, 3.8) is 0 Å². The fraction of sp³-hybridized carbons (Fsp3) is 0.235. The molecule has 7 heteroatoms. The molecule has 2 rings (SSSR count). The van der Waals surface area contributed by atoms with E-state index in [-0.39, 0.29) is 11.5 Å². The standard InChI is InChI=1S/C17H17Br2NO4/c1-24-17-8-13(18)12(7-16(17)23)4-5-20(10-21)9-11-2-3-15(22)14(19)6-11/h2-3,6-8,10,22-23H,4-5,9H2,1H3. The van der Waals surface area contributed by atoms with Gasteiger partial charge in [-0.2, -0.15) is 0 Å². The Bertz CT molecular complexity index is 737. The maximum Gasteiger partial charge on any atom is 0.210 e. The second kappa shape index (κ2) is 8.39. The van der Waals surface area contributed by atoms with E-state index in [0.29, 0.717) is 29.7 Å². The van der Waals surface area contributed by atoms with Crippen LogP contribution in [0.4, 0.5) is 0 Å². The number of rotatable bonds is 7. The first-order valence-corrected chi connectivity index (χ1v) is 8.75. The predicted octanol–water partition coefficient (Wildman–Crippen LogP) is 3.83. The number of hydrogen-bond donors (Lipinski definition) is 2. The number of phenolic OH excluding ortho intramolecular Hbond substituents is 2. The Kier molecular flexibility index (Phi) is 6.51. The zero-order chi connectivity index (χ0) is 17.7. The van der Waals surface area contributed by atoms with Crippen LogP contribution in [-0.2, 0) is 17.8 Å². The molecule has 1 amide bonds. The van der Waals surface area contributed by atoms with Gasteiger partial charge in [-0.05, 0) is 57.7 Å². The molecule has 0 saturated carbocycles. The molecule has 5 nitrogen and oxygen atoms in total. The number of hydrogen-bond acceptors (Lipinski definition) is 4. The van der Waals surface area contributed by atoms with Crippen LogP contribution < -0.4 is 4.74 Å². The Morgan fingerprint density at radius 3 is 2.50 bits per heavy atom. The summed E-state index contributed by atoms with van der Waals surface area (Å²) in [5.41, 5.74) is 1.79. The lowest BCUT2D eigenvalue weighted by molar-refractivity contribution is -0.118. The minimum absolute atomic E-state index is 0.0656. The van der Waals surface area contributed by atoms with E-state index in [4.69, 9.17) is 4.74 Å². The highest BCUT2D eigenvalue weighted by molar-refractivity contribution is 9.10. The third kappa shape index (κ3) is 4.64. The summed E-state index contributed by atoms with van der Waals surface area (Å²) in [7, 11) is 1.49. The van der Waals surface area contributed by atoms with Crippen LogP contribution in [0.3, 0.4) is 0 Å². The van der Waals surface area contributed by atoms with Crippen molar-refractivity contribution in [3.05, 3.63) is 50.4 Å². The molecule has 0 aliphatic carbocycles. The van der Waals surface area contributed by atoms with Crippen molar-refractivity contribution in [3.8, 4) is 17.2 Å². The van der Waals surface area contributed by atoms with E-state index in [2.05, 4.69) is 31.9 Å². The number of amides is 1. The lowest BCUT2D eigenvalue weighted by Gasteiger charge is -2.18. The van der Waals surface area contributed by atoms with Crippen LogP contribution in [0.15, 0.2) is 39.3 Å². The van der Waals surface area contributed by atoms with Gasteiger partial charge in [-0.15, -0.1) is 0 Å². The van der Waals surface area contributed by atoms with Crippen molar-refractivity contribution < 1.29 is 19.7 Å². The number of ether oxygens (including phenoxy) is 1. The summed E-state index contributed by atoms with van der Waals surface area (Å²) in [5.74, 6) is 0.622. The third-order valence-electron chi connectivity index (χ3n) is 3.56. The number of carbonyl (C=O) groups excluding carboxylic acids is 1. The lowest BCUT2D eigenvalue weighted by atomic mass is 10.1. The Morgan fingerprint density at radius 2 is 1.88 bits per heavy atom. The Balaban J connectivity index is 2.04. The van der Waals surface area contributed by atoms with Crippen molar-refractivity contribution in [2.45, 2.75) is 13.0 Å². The molecule has 0 atom stereocenters. The molecule has 0 saturated heterocycles. The van der Waals surface area contributed by atoms with Gasteiger partial charge in [-0.1, -0.05) is 22.0 Å².